The molecule has 5 heteroatoms. The van der Waals surface area contributed by atoms with Crippen molar-refractivity contribution in [1.82, 2.24) is 9.55 Å². The Labute approximate surface area is 422 Å². The maximum absolute atomic E-state index is 7.11. The van der Waals surface area contributed by atoms with Gasteiger partial charge in [0.15, 0.2) is 0 Å². The number of ether oxygens (including phenoxy) is 1. The molecule has 0 unspecified atom stereocenters. The van der Waals surface area contributed by atoms with Gasteiger partial charge in [0.1, 0.15) is 24.0 Å². The minimum Gasteiger partial charge on any atom is -0.457 e. The molecule has 71 heavy (non-hydrogen) atoms. The molecule has 0 N–H and O–H groups in total. The molecular formula is C66H70N4O. The first kappa shape index (κ1) is 47.6. The fourth-order valence-electron chi connectivity index (χ4n) is 10.3. The molecule has 2 aromatic heterocycles. The summed E-state index contributed by atoms with van der Waals surface area (Å²) in [6, 6.07) is 62.6. The van der Waals surface area contributed by atoms with E-state index >= 15 is 0 Å². The monoisotopic (exact) mass is 935 g/mol. The van der Waals surface area contributed by atoms with E-state index in [0.717, 1.165) is 39.4 Å². The summed E-state index contributed by atoms with van der Waals surface area (Å²) in [5.41, 5.74) is 15.1. The number of aromatic nitrogens is 2. The van der Waals surface area contributed by atoms with E-state index in [4.69, 9.17) is 9.72 Å². The molecule has 0 aliphatic carbocycles. The summed E-state index contributed by atoms with van der Waals surface area (Å²) in [4.78, 5) is 9.98. The lowest BCUT2D eigenvalue weighted by molar-refractivity contribution is 0.479. The van der Waals surface area contributed by atoms with Gasteiger partial charge in [-0.2, -0.15) is 0 Å². The van der Waals surface area contributed by atoms with Gasteiger partial charge in [0.05, 0.1) is 22.4 Å². The first-order valence-corrected chi connectivity index (χ1v) is 25.4. The van der Waals surface area contributed by atoms with Gasteiger partial charge in [0.2, 0.25) is 0 Å². The van der Waals surface area contributed by atoms with Crippen LogP contribution >= 0.6 is 0 Å². The van der Waals surface area contributed by atoms with Crippen molar-refractivity contribution in [3.05, 3.63) is 215 Å². The smallest absolute Gasteiger partial charge is 0.137 e. The van der Waals surface area contributed by atoms with E-state index in [1.54, 1.807) is 0 Å². The summed E-state index contributed by atoms with van der Waals surface area (Å²) in [5, 5.41) is 2.35. The highest BCUT2D eigenvalue weighted by molar-refractivity contribution is 6.10. The Hall–Kier alpha value is -7.11. The number of fused-ring (bicyclic) bond motifs is 4. The van der Waals surface area contributed by atoms with Gasteiger partial charge in [-0.15, -0.1) is 0 Å². The van der Waals surface area contributed by atoms with Crippen LogP contribution in [0.3, 0.4) is 0 Å². The maximum Gasteiger partial charge on any atom is 0.137 e. The molecule has 7 aromatic carbocycles. The van der Waals surface area contributed by atoms with Crippen LogP contribution in [0.1, 0.15) is 129 Å². The quantitative estimate of drug-likeness (QED) is 0.144. The number of benzene rings is 7. The van der Waals surface area contributed by atoms with E-state index in [2.05, 4.69) is 274 Å². The topological polar surface area (TPSA) is 33.5 Å². The maximum atomic E-state index is 7.11. The number of nitrogens with zero attached hydrogens (tertiary/aromatic N) is 4. The van der Waals surface area contributed by atoms with Crippen molar-refractivity contribution in [3.8, 4) is 17.3 Å². The molecule has 360 valence electrons. The van der Waals surface area contributed by atoms with Crippen molar-refractivity contribution in [2.24, 2.45) is 0 Å². The molecule has 10 rings (SSSR count). The zero-order valence-corrected chi connectivity index (χ0v) is 44.1. The molecule has 0 atom stereocenters. The predicted molar refractivity (Wildman–Crippen MR) is 300 cm³/mol. The summed E-state index contributed by atoms with van der Waals surface area (Å²) >= 11 is 0. The molecule has 1 aliphatic heterocycles. The lowest BCUT2D eigenvalue weighted by Gasteiger charge is -2.28. The SMILES string of the molecule is CC(C)(C)c1cccc(N2CN(c3cc(Oc4ccc5c6cc(C(C)(C)c7ccccc7)ccc6n(-c6cc(C(C)(C)C)ccn6)c5c4)cc(C(C)(C)C)c3)c3ccc(C(C)(C)c4ccccc4)cc32)c1. The van der Waals surface area contributed by atoms with Gasteiger partial charge in [-0.25, -0.2) is 4.98 Å². The van der Waals surface area contributed by atoms with E-state index in [1.165, 1.54) is 61.4 Å². The molecule has 0 saturated heterocycles. The molecule has 0 saturated carbocycles. The van der Waals surface area contributed by atoms with Crippen molar-refractivity contribution in [2.45, 2.75) is 117 Å². The minimum atomic E-state index is -0.199. The third-order valence-electron chi connectivity index (χ3n) is 15.2. The molecule has 0 bridgehead atoms. The standard InChI is InChI=1S/C66H70N4O/c1-62(2,3)46-25-20-26-51(35-46)68-43-69(58-32-28-49(39-60(58)68)66(12,13)45-23-18-15-19-24-45)52-36-50(64(7,8)9)37-54(41-52)71-53-29-30-55-56-38-48(65(10,11)44-21-16-14-17-22-44)27-31-57(56)70(59(55)42-53)61-40-47(33-34-67-61)63(4,5)6/h14-42H,43H2,1-13H3. The summed E-state index contributed by atoms with van der Waals surface area (Å²) < 4.78 is 9.43. The van der Waals surface area contributed by atoms with Gasteiger partial charge < -0.3 is 14.5 Å². The predicted octanol–water partition coefficient (Wildman–Crippen LogP) is 17.8. The third-order valence-corrected chi connectivity index (χ3v) is 15.2. The highest BCUT2D eigenvalue weighted by atomic mass is 16.5. The van der Waals surface area contributed by atoms with E-state index < -0.39 is 0 Å². The third kappa shape index (κ3) is 8.90. The van der Waals surface area contributed by atoms with Crippen molar-refractivity contribution < 1.29 is 4.74 Å². The highest BCUT2D eigenvalue weighted by Gasteiger charge is 2.33. The molecule has 0 spiro atoms. The lowest BCUT2D eigenvalue weighted by atomic mass is 9.78. The number of hydrogen-bond acceptors (Lipinski definition) is 4. The molecule has 0 radical (unpaired) electrons. The average molecular weight is 935 g/mol. The summed E-state index contributed by atoms with van der Waals surface area (Å²) in [7, 11) is 0. The van der Waals surface area contributed by atoms with Crippen LogP contribution in [-0.4, -0.2) is 16.2 Å². The molecule has 3 heterocycles. The number of rotatable bonds is 9. The van der Waals surface area contributed by atoms with Gasteiger partial charge in [0.25, 0.3) is 0 Å². The summed E-state index contributed by atoms with van der Waals surface area (Å²) in [6.45, 7) is 30.4. The molecule has 5 nitrogen and oxygen atoms in total. The van der Waals surface area contributed by atoms with Crippen LogP contribution in [0.4, 0.5) is 22.7 Å². The molecule has 1 aliphatic rings. The first-order valence-electron chi connectivity index (χ1n) is 25.4. The fourth-order valence-corrected chi connectivity index (χ4v) is 10.3. The normalized spacial score (nSPS) is 13.6. The Kier molecular flexibility index (Phi) is 11.6. The van der Waals surface area contributed by atoms with E-state index in [9.17, 15) is 0 Å². The zero-order valence-electron chi connectivity index (χ0n) is 44.1. The lowest BCUT2D eigenvalue weighted by Crippen LogP contribution is -2.25. The number of pyridine rings is 1. The largest absolute Gasteiger partial charge is 0.457 e. The molecular weight excluding hydrogens is 865 g/mol. The van der Waals surface area contributed by atoms with Crippen LogP contribution in [0.15, 0.2) is 176 Å². The second kappa shape index (κ2) is 17.3. The van der Waals surface area contributed by atoms with Crippen LogP contribution in [0, 0.1) is 0 Å². The summed E-state index contributed by atoms with van der Waals surface area (Å²) in [5.74, 6) is 2.46. The fraction of sp³-hybridized carbons (Fsp3) is 0.288. The Morgan fingerprint density at radius 1 is 0.380 bits per heavy atom. The number of hydrogen-bond donors (Lipinski definition) is 0. The Bertz CT molecular complexity index is 3430. The Balaban J connectivity index is 1.10. The average Bonchev–Trinajstić information content (AvgIpc) is 3.89. The van der Waals surface area contributed by atoms with E-state index in [0.29, 0.717) is 6.67 Å². The zero-order chi connectivity index (χ0) is 50.3. The van der Waals surface area contributed by atoms with Crippen LogP contribution in [0.25, 0.3) is 27.6 Å². The van der Waals surface area contributed by atoms with Gasteiger partial charge in [-0.3, -0.25) is 4.57 Å². The second-order valence-electron chi connectivity index (χ2n) is 24.0. The van der Waals surface area contributed by atoms with Crippen LogP contribution < -0.4 is 14.5 Å². The van der Waals surface area contributed by atoms with Gasteiger partial charge in [0, 0.05) is 51.3 Å². The van der Waals surface area contributed by atoms with Crippen molar-refractivity contribution in [1.29, 1.82) is 0 Å². The van der Waals surface area contributed by atoms with Crippen LogP contribution in [0.2, 0.25) is 0 Å². The number of anilines is 4. The van der Waals surface area contributed by atoms with Crippen molar-refractivity contribution in [3.63, 3.8) is 0 Å². The van der Waals surface area contributed by atoms with Gasteiger partial charge >= 0.3 is 0 Å². The first-order chi connectivity index (χ1) is 33.6. The summed E-state index contributed by atoms with van der Waals surface area (Å²) in [6.07, 6.45) is 1.95. The Morgan fingerprint density at radius 3 is 1.61 bits per heavy atom. The minimum absolute atomic E-state index is 0.00918. The second-order valence-corrected chi connectivity index (χ2v) is 24.0. The van der Waals surface area contributed by atoms with Crippen LogP contribution in [0.5, 0.6) is 11.5 Å². The van der Waals surface area contributed by atoms with Gasteiger partial charge in [-0.05, 0) is 128 Å². The van der Waals surface area contributed by atoms with Crippen LogP contribution in [-0.2, 0) is 27.1 Å². The van der Waals surface area contributed by atoms with E-state index in [-0.39, 0.29) is 27.1 Å². The van der Waals surface area contributed by atoms with Gasteiger partial charge in [-0.1, -0.05) is 175 Å². The Morgan fingerprint density at radius 2 is 0.958 bits per heavy atom. The molecule has 0 fully saturated rings. The van der Waals surface area contributed by atoms with Crippen molar-refractivity contribution in [2.75, 3.05) is 16.5 Å². The highest BCUT2D eigenvalue weighted by Crippen LogP contribution is 2.49. The molecule has 0 amide bonds. The van der Waals surface area contributed by atoms with Crippen molar-refractivity contribution >= 4 is 44.6 Å². The molecule has 9 aromatic rings. The van der Waals surface area contributed by atoms with E-state index in [1.807, 2.05) is 6.20 Å².